The first-order valence-electron chi connectivity index (χ1n) is 5.95. The minimum absolute atomic E-state index is 0.00546. The summed E-state index contributed by atoms with van der Waals surface area (Å²) in [7, 11) is 0. The van der Waals surface area contributed by atoms with E-state index in [1.54, 1.807) is 6.07 Å². The molecule has 0 saturated heterocycles. The minimum atomic E-state index is -1.57. The molecule has 0 amide bonds. The first-order chi connectivity index (χ1) is 9.43. The topological polar surface area (TPSA) is 37.3 Å². The number of hydrogen-bond donors (Lipinski definition) is 1. The number of halogens is 3. The lowest BCUT2D eigenvalue weighted by Gasteiger charge is -2.09. The molecule has 2 aromatic carbocycles. The monoisotopic (exact) mass is 280 g/mol. The molecular weight excluding hydrogens is 269 g/mol. The predicted molar refractivity (Wildman–Crippen MR) is 68.1 cm³/mol. The summed E-state index contributed by atoms with van der Waals surface area (Å²) in [5.41, 5.74) is 0.881. The molecule has 0 aliphatic carbocycles. The second-order valence-electron chi connectivity index (χ2n) is 4.29. The van der Waals surface area contributed by atoms with Gasteiger partial charge in [-0.2, -0.15) is 0 Å². The van der Waals surface area contributed by atoms with E-state index in [4.69, 9.17) is 5.11 Å². The van der Waals surface area contributed by atoms with Crippen molar-refractivity contribution in [3.05, 3.63) is 58.9 Å². The van der Waals surface area contributed by atoms with Crippen LogP contribution in [0, 0.1) is 17.5 Å². The lowest BCUT2D eigenvalue weighted by atomic mass is 9.96. The summed E-state index contributed by atoms with van der Waals surface area (Å²) in [6.45, 7) is 1.87. The van der Waals surface area contributed by atoms with E-state index in [-0.39, 0.29) is 16.7 Å². The Morgan fingerprint density at radius 2 is 1.70 bits per heavy atom. The van der Waals surface area contributed by atoms with Gasteiger partial charge in [0.2, 0.25) is 0 Å². The summed E-state index contributed by atoms with van der Waals surface area (Å²) in [6, 6.07) is 6.12. The molecular formula is C15H11F3O2. The Balaban J connectivity index is 2.70. The molecule has 0 atom stereocenters. The van der Waals surface area contributed by atoms with Crippen LogP contribution >= 0.6 is 0 Å². The fraction of sp³-hybridized carbons (Fsp3) is 0.133. The largest absolute Gasteiger partial charge is 0.478 e. The quantitative estimate of drug-likeness (QED) is 0.862. The molecule has 0 aromatic heterocycles. The van der Waals surface area contributed by atoms with Crippen molar-refractivity contribution in [2.75, 3.05) is 0 Å². The Hall–Kier alpha value is -2.30. The van der Waals surface area contributed by atoms with Gasteiger partial charge < -0.3 is 5.11 Å². The first kappa shape index (κ1) is 14.1. The summed E-state index contributed by atoms with van der Waals surface area (Å²) < 4.78 is 39.5. The van der Waals surface area contributed by atoms with Crippen molar-refractivity contribution in [1.29, 1.82) is 0 Å². The van der Waals surface area contributed by atoms with Crippen LogP contribution in [0.2, 0.25) is 0 Å². The SMILES string of the molecule is CCc1ccc(C(=O)O)c(-c2cc(F)c(F)c(F)c2)c1. The predicted octanol–water partition coefficient (Wildman–Crippen LogP) is 4.03. The number of aryl methyl sites for hydroxylation is 1. The second-order valence-corrected chi connectivity index (χ2v) is 4.29. The van der Waals surface area contributed by atoms with Gasteiger partial charge in [0.15, 0.2) is 17.5 Å². The maximum absolute atomic E-state index is 13.3. The van der Waals surface area contributed by atoms with E-state index in [9.17, 15) is 18.0 Å². The summed E-state index contributed by atoms with van der Waals surface area (Å²) >= 11 is 0. The van der Waals surface area contributed by atoms with E-state index in [1.165, 1.54) is 12.1 Å². The van der Waals surface area contributed by atoms with Crippen LogP contribution in [0.25, 0.3) is 11.1 Å². The third-order valence-electron chi connectivity index (χ3n) is 3.02. The highest BCUT2D eigenvalue weighted by molar-refractivity contribution is 5.96. The average molecular weight is 280 g/mol. The summed E-state index contributed by atoms with van der Waals surface area (Å²) in [4.78, 5) is 11.2. The third kappa shape index (κ3) is 2.52. The van der Waals surface area contributed by atoms with Crippen molar-refractivity contribution in [3.8, 4) is 11.1 Å². The molecule has 0 heterocycles. The summed E-state index contributed by atoms with van der Waals surface area (Å²) in [6.07, 6.45) is 0.638. The van der Waals surface area contributed by atoms with Crippen LogP contribution in [0.5, 0.6) is 0 Å². The average Bonchev–Trinajstić information content (AvgIpc) is 2.43. The number of carboxylic acid groups (broad SMARTS) is 1. The number of rotatable bonds is 3. The fourth-order valence-corrected chi connectivity index (χ4v) is 1.95. The zero-order chi connectivity index (χ0) is 14.9. The molecule has 5 heteroatoms. The van der Waals surface area contributed by atoms with Crippen LogP contribution in [0.1, 0.15) is 22.8 Å². The van der Waals surface area contributed by atoms with Crippen LogP contribution in [-0.4, -0.2) is 11.1 Å². The maximum Gasteiger partial charge on any atom is 0.336 e. The Morgan fingerprint density at radius 1 is 1.10 bits per heavy atom. The van der Waals surface area contributed by atoms with Crippen molar-refractivity contribution in [3.63, 3.8) is 0 Å². The van der Waals surface area contributed by atoms with Gasteiger partial charge in [-0.3, -0.25) is 0 Å². The molecule has 104 valence electrons. The van der Waals surface area contributed by atoms with Gasteiger partial charge >= 0.3 is 5.97 Å². The zero-order valence-electron chi connectivity index (χ0n) is 10.6. The fourth-order valence-electron chi connectivity index (χ4n) is 1.95. The van der Waals surface area contributed by atoms with Crippen molar-refractivity contribution in [2.45, 2.75) is 13.3 Å². The van der Waals surface area contributed by atoms with Gasteiger partial charge in [0.25, 0.3) is 0 Å². The molecule has 1 N–H and O–H groups in total. The number of aromatic carboxylic acids is 1. The Bertz CT molecular complexity index is 658. The van der Waals surface area contributed by atoms with Crippen LogP contribution in [-0.2, 0) is 6.42 Å². The van der Waals surface area contributed by atoms with Gasteiger partial charge in [0.05, 0.1) is 5.56 Å². The van der Waals surface area contributed by atoms with Gasteiger partial charge in [0, 0.05) is 0 Å². The molecule has 0 saturated carbocycles. The van der Waals surface area contributed by atoms with Crippen LogP contribution in [0.15, 0.2) is 30.3 Å². The normalized spacial score (nSPS) is 10.6. The first-order valence-corrected chi connectivity index (χ1v) is 5.95. The molecule has 0 spiro atoms. The van der Waals surface area contributed by atoms with E-state index in [2.05, 4.69) is 0 Å². The molecule has 0 aliphatic rings. The summed E-state index contributed by atoms with van der Waals surface area (Å²) in [5, 5.41) is 9.12. The highest BCUT2D eigenvalue weighted by atomic mass is 19.2. The van der Waals surface area contributed by atoms with E-state index in [0.717, 1.165) is 17.7 Å². The number of hydrogen-bond acceptors (Lipinski definition) is 1. The van der Waals surface area contributed by atoms with Crippen LogP contribution < -0.4 is 0 Å². The molecule has 0 fully saturated rings. The smallest absolute Gasteiger partial charge is 0.336 e. The molecule has 2 nitrogen and oxygen atoms in total. The van der Waals surface area contributed by atoms with Crippen molar-refractivity contribution in [1.82, 2.24) is 0 Å². The van der Waals surface area contributed by atoms with Crippen LogP contribution in [0.4, 0.5) is 13.2 Å². The van der Waals surface area contributed by atoms with Crippen molar-refractivity contribution < 1.29 is 23.1 Å². The molecule has 2 aromatic rings. The lowest BCUT2D eigenvalue weighted by Crippen LogP contribution is -2.02. The van der Waals surface area contributed by atoms with Crippen molar-refractivity contribution >= 4 is 5.97 Å². The van der Waals surface area contributed by atoms with Gasteiger partial charge in [-0.05, 0) is 41.3 Å². The highest BCUT2D eigenvalue weighted by Gasteiger charge is 2.16. The van der Waals surface area contributed by atoms with E-state index in [1.807, 2.05) is 6.92 Å². The van der Waals surface area contributed by atoms with E-state index in [0.29, 0.717) is 6.42 Å². The summed E-state index contributed by atoms with van der Waals surface area (Å²) in [5.74, 6) is -5.48. The van der Waals surface area contributed by atoms with Gasteiger partial charge in [0.1, 0.15) is 0 Å². The Labute approximate surface area is 113 Å². The minimum Gasteiger partial charge on any atom is -0.478 e. The Morgan fingerprint density at radius 3 is 2.20 bits per heavy atom. The van der Waals surface area contributed by atoms with Crippen molar-refractivity contribution in [2.24, 2.45) is 0 Å². The second kappa shape index (κ2) is 5.36. The number of carboxylic acids is 1. The number of carbonyl (C=O) groups is 1. The van der Waals surface area contributed by atoms with Gasteiger partial charge in [-0.15, -0.1) is 0 Å². The third-order valence-corrected chi connectivity index (χ3v) is 3.02. The van der Waals surface area contributed by atoms with Gasteiger partial charge in [-0.1, -0.05) is 19.1 Å². The highest BCUT2D eigenvalue weighted by Crippen LogP contribution is 2.28. The molecule has 20 heavy (non-hydrogen) atoms. The molecule has 2 rings (SSSR count). The number of benzene rings is 2. The molecule has 0 aliphatic heterocycles. The van der Waals surface area contributed by atoms with Crippen LogP contribution in [0.3, 0.4) is 0 Å². The standard InChI is InChI=1S/C15H11F3O2/c1-2-8-3-4-10(15(19)20)11(5-8)9-6-12(16)14(18)13(17)7-9/h3-7H,2H2,1H3,(H,19,20). The molecule has 0 unspecified atom stereocenters. The molecule has 0 radical (unpaired) electrons. The Kier molecular flexibility index (Phi) is 3.79. The van der Waals surface area contributed by atoms with E-state index >= 15 is 0 Å². The van der Waals surface area contributed by atoms with Gasteiger partial charge in [-0.25, -0.2) is 18.0 Å². The zero-order valence-corrected chi connectivity index (χ0v) is 10.6. The van der Waals surface area contributed by atoms with E-state index < -0.39 is 23.4 Å². The lowest BCUT2D eigenvalue weighted by molar-refractivity contribution is 0.0697. The maximum atomic E-state index is 13.3. The molecule has 0 bridgehead atoms.